The molecule has 29 heavy (non-hydrogen) atoms. The van der Waals surface area contributed by atoms with Gasteiger partial charge in [-0.1, -0.05) is 43.3 Å². The van der Waals surface area contributed by atoms with Crippen LogP contribution >= 0.6 is 11.8 Å². The number of nitrogens with one attached hydrogen (secondary N) is 2. The molecule has 0 saturated heterocycles. The second-order valence-electron chi connectivity index (χ2n) is 6.44. The Balaban J connectivity index is 1.59. The van der Waals surface area contributed by atoms with E-state index in [1.165, 1.54) is 11.8 Å². The van der Waals surface area contributed by atoms with E-state index in [0.717, 1.165) is 24.2 Å². The summed E-state index contributed by atoms with van der Waals surface area (Å²) in [6.07, 6.45) is 5.55. The van der Waals surface area contributed by atoms with E-state index in [2.05, 4.69) is 22.5 Å². The van der Waals surface area contributed by atoms with Crippen molar-refractivity contribution >= 4 is 29.3 Å². The molecule has 3 aromatic rings. The minimum atomic E-state index is -0.0881. The first kappa shape index (κ1) is 20.7. The number of nitrogens with zero attached hydrogens (tertiary/aromatic N) is 2. The molecular formula is C22H24N4O2S. The molecule has 0 aliphatic carbocycles. The van der Waals surface area contributed by atoms with Crippen molar-refractivity contribution in [2.45, 2.75) is 24.9 Å². The maximum atomic E-state index is 12.2. The van der Waals surface area contributed by atoms with E-state index in [4.69, 9.17) is 0 Å². The van der Waals surface area contributed by atoms with Crippen LogP contribution in [-0.4, -0.2) is 33.7 Å². The van der Waals surface area contributed by atoms with Gasteiger partial charge >= 0.3 is 0 Å². The van der Waals surface area contributed by atoms with Crippen LogP contribution in [0.4, 0.5) is 5.69 Å². The van der Waals surface area contributed by atoms with Crippen LogP contribution < -0.4 is 10.6 Å². The average Bonchev–Trinajstić information content (AvgIpc) is 3.22. The summed E-state index contributed by atoms with van der Waals surface area (Å²) in [6, 6.07) is 16.7. The largest absolute Gasteiger partial charge is 0.352 e. The Bertz CT molecular complexity index is 939. The Kier molecular flexibility index (Phi) is 7.47. The van der Waals surface area contributed by atoms with E-state index in [-0.39, 0.29) is 17.6 Å². The zero-order valence-corrected chi connectivity index (χ0v) is 17.1. The number of thioether (sulfide) groups is 1. The number of amides is 2. The summed E-state index contributed by atoms with van der Waals surface area (Å²) in [6.45, 7) is 2.78. The molecule has 0 atom stereocenters. The average molecular weight is 409 g/mol. The first-order valence-corrected chi connectivity index (χ1v) is 10.6. The Hall–Kier alpha value is -3.06. The van der Waals surface area contributed by atoms with Gasteiger partial charge in [0.1, 0.15) is 0 Å². The normalized spacial score (nSPS) is 10.5. The van der Waals surface area contributed by atoms with E-state index in [9.17, 15) is 9.59 Å². The van der Waals surface area contributed by atoms with Crippen molar-refractivity contribution in [1.29, 1.82) is 0 Å². The first-order chi connectivity index (χ1) is 14.2. The van der Waals surface area contributed by atoms with Crippen molar-refractivity contribution in [2.75, 3.05) is 17.6 Å². The third kappa shape index (κ3) is 5.96. The Morgan fingerprint density at radius 1 is 1.07 bits per heavy atom. The van der Waals surface area contributed by atoms with Crippen LogP contribution in [-0.2, 0) is 4.79 Å². The summed E-state index contributed by atoms with van der Waals surface area (Å²) in [5, 5.41) is 6.49. The number of hydrogen-bond acceptors (Lipinski definition) is 4. The molecule has 150 valence electrons. The summed E-state index contributed by atoms with van der Waals surface area (Å²) < 4.78 is 1.90. The second-order valence-corrected chi connectivity index (χ2v) is 7.38. The minimum absolute atomic E-state index is 0.0668. The van der Waals surface area contributed by atoms with E-state index in [1.54, 1.807) is 18.3 Å². The molecule has 2 N–H and O–H groups in total. The number of anilines is 1. The van der Waals surface area contributed by atoms with Crippen LogP contribution in [0, 0.1) is 0 Å². The lowest BCUT2D eigenvalue weighted by atomic mass is 10.2. The molecule has 7 heteroatoms. The molecule has 3 rings (SSSR count). The lowest BCUT2D eigenvalue weighted by Crippen LogP contribution is -2.24. The Labute approximate surface area is 174 Å². The van der Waals surface area contributed by atoms with Gasteiger partial charge in [-0.2, -0.15) is 0 Å². The highest BCUT2D eigenvalue weighted by Gasteiger charge is 2.11. The predicted octanol–water partition coefficient (Wildman–Crippen LogP) is 4.13. The number of unbranched alkanes of at least 4 members (excludes halogenated alkanes) is 1. The Morgan fingerprint density at radius 2 is 1.83 bits per heavy atom. The summed E-state index contributed by atoms with van der Waals surface area (Å²) in [7, 11) is 0. The van der Waals surface area contributed by atoms with E-state index in [0.29, 0.717) is 17.3 Å². The molecule has 0 aliphatic heterocycles. The zero-order valence-electron chi connectivity index (χ0n) is 16.3. The molecule has 0 spiro atoms. The van der Waals surface area contributed by atoms with Crippen molar-refractivity contribution in [1.82, 2.24) is 14.9 Å². The van der Waals surface area contributed by atoms with Gasteiger partial charge in [-0.05, 0) is 42.8 Å². The smallest absolute Gasteiger partial charge is 0.251 e. The molecular weight excluding hydrogens is 384 g/mol. The highest BCUT2D eigenvalue weighted by Crippen LogP contribution is 2.21. The maximum Gasteiger partial charge on any atom is 0.251 e. The second kappa shape index (κ2) is 10.5. The zero-order chi connectivity index (χ0) is 20.5. The highest BCUT2D eigenvalue weighted by molar-refractivity contribution is 7.99. The minimum Gasteiger partial charge on any atom is -0.352 e. The van der Waals surface area contributed by atoms with Gasteiger partial charge in [-0.3, -0.25) is 14.2 Å². The van der Waals surface area contributed by atoms with Crippen LogP contribution in [0.25, 0.3) is 5.69 Å². The predicted molar refractivity (Wildman–Crippen MR) is 117 cm³/mol. The first-order valence-electron chi connectivity index (χ1n) is 9.57. The van der Waals surface area contributed by atoms with Crippen LogP contribution in [0.3, 0.4) is 0 Å². The van der Waals surface area contributed by atoms with Crippen molar-refractivity contribution in [3.63, 3.8) is 0 Å². The number of rotatable bonds is 9. The van der Waals surface area contributed by atoms with Crippen molar-refractivity contribution < 1.29 is 9.59 Å². The molecule has 0 aliphatic rings. The molecule has 0 radical (unpaired) electrons. The lowest BCUT2D eigenvalue weighted by Gasteiger charge is -2.09. The lowest BCUT2D eigenvalue weighted by molar-refractivity contribution is -0.113. The van der Waals surface area contributed by atoms with Gasteiger partial charge in [0.15, 0.2) is 5.16 Å². The third-order valence-corrected chi connectivity index (χ3v) is 5.19. The molecule has 0 saturated carbocycles. The van der Waals surface area contributed by atoms with Gasteiger partial charge < -0.3 is 10.6 Å². The third-order valence-electron chi connectivity index (χ3n) is 4.22. The SMILES string of the molecule is CCCCNC(=O)c1ccc(-n2ccnc2SCC(=O)Nc2ccccc2)cc1. The molecule has 2 amide bonds. The monoisotopic (exact) mass is 408 g/mol. The molecule has 6 nitrogen and oxygen atoms in total. The number of aromatic nitrogens is 2. The van der Waals surface area contributed by atoms with E-state index < -0.39 is 0 Å². The molecule has 0 bridgehead atoms. The van der Waals surface area contributed by atoms with Gasteiger partial charge in [0.05, 0.1) is 5.75 Å². The standard InChI is InChI=1S/C22H24N4O2S/c1-2-3-13-23-21(28)17-9-11-19(12-10-17)26-15-14-24-22(26)29-16-20(27)25-18-7-5-4-6-8-18/h4-12,14-15H,2-3,13,16H2,1H3,(H,23,28)(H,25,27). The van der Waals surface area contributed by atoms with Gasteiger partial charge in [-0.25, -0.2) is 4.98 Å². The number of benzene rings is 2. The van der Waals surface area contributed by atoms with Crippen LogP contribution in [0.2, 0.25) is 0 Å². The maximum absolute atomic E-state index is 12.2. The topological polar surface area (TPSA) is 76.0 Å². The molecule has 2 aromatic carbocycles. The number of carbonyl (C=O) groups excluding carboxylic acids is 2. The van der Waals surface area contributed by atoms with Crippen molar-refractivity contribution in [2.24, 2.45) is 0 Å². The quantitative estimate of drug-likeness (QED) is 0.412. The fraction of sp³-hybridized carbons (Fsp3) is 0.227. The van der Waals surface area contributed by atoms with Gasteiger partial charge in [0.2, 0.25) is 5.91 Å². The molecule has 1 heterocycles. The Morgan fingerprint density at radius 3 is 2.55 bits per heavy atom. The molecule has 1 aromatic heterocycles. The fourth-order valence-electron chi connectivity index (χ4n) is 2.70. The summed E-state index contributed by atoms with van der Waals surface area (Å²) in [5.74, 6) is 0.0989. The highest BCUT2D eigenvalue weighted by atomic mass is 32.2. The van der Waals surface area contributed by atoms with Crippen molar-refractivity contribution in [3.05, 3.63) is 72.6 Å². The van der Waals surface area contributed by atoms with Crippen LogP contribution in [0.5, 0.6) is 0 Å². The van der Waals surface area contributed by atoms with Crippen molar-refractivity contribution in [3.8, 4) is 5.69 Å². The summed E-state index contributed by atoms with van der Waals surface area (Å²) >= 11 is 1.36. The van der Waals surface area contributed by atoms with Crippen LogP contribution in [0.1, 0.15) is 30.1 Å². The van der Waals surface area contributed by atoms with E-state index in [1.807, 2.05) is 53.2 Å². The fourth-order valence-corrected chi connectivity index (χ4v) is 3.47. The molecule has 0 unspecified atom stereocenters. The van der Waals surface area contributed by atoms with Gasteiger partial charge in [0, 0.05) is 35.9 Å². The summed E-state index contributed by atoms with van der Waals surface area (Å²) in [5.41, 5.74) is 2.29. The summed E-state index contributed by atoms with van der Waals surface area (Å²) in [4.78, 5) is 28.6. The van der Waals surface area contributed by atoms with Gasteiger partial charge in [0.25, 0.3) is 5.91 Å². The number of hydrogen-bond donors (Lipinski definition) is 2. The van der Waals surface area contributed by atoms with Crippen LogP contribution in [0.15, 0.2) is 72.1 Å². The van der Waals surface area contributed by atoms with Gasteiger partial charge in [-0.15, -0.1) is 0 Å². The van der Waals surface area contributed by atoms with E-state index >= 15 is 0 Å². The molecule has 0 fully saturated rings. The number of para-hydroxylation sites is 1. The number of carbonyl (C=O) groups is 2. The number of imidazole rings is 1.